The van der Waals surface area contributed by atoms with Gasteiger partial charge in [-0.3, -0.25) is 9.69 Å². The van der Waals surface area contributed by atoms with Gasteiger partial charge in [0.15, 0.2) is 0 Å². The van der Waals surface area contributed by atoms with Crippen LogP contribution in [0.4, 0.5) is 0 Å². The van der Waals surface area contributed by atoms with Crippen LogP contribution in [-0.2, 0) is 23.9 Å². The Bertz CT molecular complexity index is 1360. The Hall–Kier alpha value is -4.18. The Labute approximate surface area is 218 Å². The standard InChI is InChI=1S/C27H26N2O7S/c1-5-36-27(32)22-21(16-9-7-11-18(13-16)34-3)23(26(31)35-4)25-29(24(22)28)20(30)14-19(37-25)15-8-6-10-17(12-15)33-2/h6-14,21H,5,28H2,1-4H3. The van der Waals surface area contributed by atoms with E-state index in [0.717, 1.165) is 4.90 Å². The van der Waals surface area contributed by atoms with Gasteiger partial charge >= 0.3 is 11.9 Å². The Balaban J connectivity index is 1.98. The fourth-order valence-corrected chi connectivity index (χ4v) is 5.42. The molecule has 2 aromatic rings. The van der Waals surface area contributed by atoms with Crippen molar-refractivity contribution >= 4 is 34.5 Å². The highest BCUT2D eigenvalue weighted by molar-refractivity contribution is 8.11. The minimum absolute atomic E-state index is 0.0357. The average Bonchev–Trinajstić information content (AvgIpc) is 2.92. The molecule has 0 bridgehead atoms. The minimum Gasteiger partial charge on any atom is -0.497 e. The van der Waals surface area contributed by atoms with Gasteiger partial charge in [-0.05, 0) is 42.3 Å². The number of nitrogens with two attached hydrogens (primary N) is 1. The zero-order valence-electron chi connectivity index (χ0n) is 20.8. The van der Waals surface area contributed by atoms with Crippen molar-refractivity contribution in [3.05, 3.63) is 87.7 Å². The van der Waals surface area contributed by atoms with Crippen molar-refractivity contribution in [1.82, 2.24) is 4.90 Å². The number of esters is 2. The van der Waals surface area contributed by atoms with Gasteiger partial charge in [-0.2, -0.15) is 0 Å². The summed E-state index contributed by atoms with van der Waals surface area (Å²) in [6, 6.07) is 14.1. The van der Waals surface area contributed by atoms with Crippen LogP contribution in [0.3, 0.4) is 0 Å². The van der Waals surface area contributed by atoms with E-state index in [9.17, 15) is 14.4 Å². The van der Waals surface area contributed by atoms with Crippen molar-refractivity contribution in [3.63, 3.8) is 0 Å². The number of carbonyl (C=O) groups excluding carboxylic acids is 3. The van der Waals surface area contributed by atoms with E-state index in [1.54, 1.807) is 56.5 Å². The fraction of sp³-hybridized carbons (Fsp3) is 0.222. The largest absolute Gasteiger partial charge is 0.497 e. The van der Waals surface area contributed by atoms with Crippen LogP contribution in [0.2, 0.25) is 0 Å². The molecule has 1 unspecified atom stereocenters. The van der Waals surface area contributed by atoms with Gasteiger partial charge in [0, 0.05) is 11.0 Å². The molecule has 0 saturated heterocycles. The predicted molar refractivity (Wildman–Crippen MR) is 138 cm³/mol. The summed E-state index contributed by atoms with van der Waals surface area (Å²) in [5.41, 5.74) is 7.80. The molecule has 0 aliphatic carbocycles. The number of ether oxygens (including phenoxy) is 4. The van der Waals surface area contributed by atoms with E-state index >= 15 is 0 Å². The molecule has 0 fully saturated rings. The molecule has 0 saturated carbocycles. The van der Waals surface area contributed by atoms with Crippen molar-refractivity contribution < 1.29 is 33.3 Å². The van der Waals surface area contributed by atoms with Crippen LogP contribution in [0.15, 0.2) is 76.6 Å². The van der Waals surface area contributed by atoms with Gasteiger partial charge in [-0.25, -0.2) is 9.59 Å². The third-order valence-corrected chi connectivity index (χ3v) is 7.06. The maximum Gasteiger partial charge on any atom is 0.338 e. The first-order valence-electron chi connectivity index (χ1n) is 11.4. The van der Waals surface area contributed by atoms with Crippen LogP contribution in [0, 0.1) is 0 Å². The normalized spacial score (nSPS) is 17.2. The van der Waals surface area contributed by atoms with E-state index in [2.05, 4.69) is 0 Å². The number of thioether (sulfide) groups is 1. The zero-order valence-corrected chi connectivity index (χ0v) is 21.6. The van der Waals surface area contributed by atoms with Gasteiger partial charge in [-0.1, -0.05) is 36.0 Å². The van der Waals surface area contributed by atoms with Crippen LogP contribution in [0.25, 0.3) is 4.91 Å². The maximum absolute atomic E-state index is 13.4. The lowest BCUT2D eigenvalue weighted by Crippen LogP contribution is -2.42. The van der Waals surface area contributed by atoms with E-state index in [-0.39, 0.29) is 28.6 Å². The highest BCUT2D eigenvalue weighted by atomic mass is 32.2. The van der Waals surface area contributed by atoms with E-state index in [1.165, 1.54) is 32.1 Å². The average molecular weight is 523 g/mol. The molecule has 10 heteroatoms. The molecule has 2 aliphatic heterocycles. The lowest BCUT2D eigenvalue weighted by Gasteiger charge is -2.38. The Kier molecular flexibility index (Phi) is 7.58. The third-order valence-electron chi connectivity index (χ3n) is 5.89. The third kappa shape index (κ3) is 4.79. The number of carbonyl (C=O) groups is 3. The molecule has 1 amide bonds. The molecule has 0 aromatic heterocycles. The second-order valence-corrected chi connectivity index (χ2v) is 8.99. The minimum atomic E-state index is -0.974. The summed E-state index contributed by atoms with van der Waals surface area (Å²) in [5.74, 6) is -1.94. The number of amides is 1. The number of hydrogen-bond donors (Lipinski definition) is 1. The second-order valence-electron chi connectivity index (χ2n) is 7.96. The van der Waals surface area contributed by atoms with Gasteiger partial charge in [0.05, 0.1) is 45.0 Å². The van der Waals surface area contributed by atoms with Crippen LogP contribution >= 0.6 is 11.8 Å². The molecule has 192 valence electrons. The SMILES string of the molecule is CCOC(=O)C1=C(N)N2C(=O)C=C(c3cccc(OC)c3)SC2=C(C(=O)OC)C1c1cccc(OC)c1. The highest BCUT2D eigenvalue weighted by Crippen LogP contribution is 2.51. The molecule has 2 heterocycles. The molecule has 1 atom stereocenters. The van der Waals surface area contributed by atoms with Crippen LogP contribution in [0.5, 0.6) is 11.5 Å². The first kappa shape index (κ1) is 25.9. The molecular weight excluding hydrogens is 496 g/mol. The van der Waals surface area contributed by atoms with E-state index in [1.807, 2.05) is 6.07 Å². The molecule has 2 aromatic carbocycles. The maximum atomic E-state index is 13.4. The number of nitrogens with zero attached hydrogens (tertiary/aromatic N) is 1. The molecular formula is C27H26N2O7S. The summed E-state index contributed by atoms with van der Waals surface area (Å²) in [4.78, 5) is 41.7. The molecule has 37 heavy (non-hydrogen) atoms. The summed E-state index contributed by atoms with van der Waals surface area (Å²) < 4.78 is 21.1. The number of rotatable bonds is 7. The zero-order chi connectivity index (χ0) is 26.7. The summed E-state index contributed by atoms with van der Waals surface area (Å²) in [6.07, 6.45) is 1.40. The van der Waals surface area contributed by atoms with Gasteiger partial charge < -0.3 is 24.7 Å². The highest BCUT2D eigenvalue weighted by Gasteiger charge is 2.46. The van der Waals surface area contributed by atoms with Crippen molar-refractivity contribution in [1.29, 1.82) is 0 Å². The number of benzene rings is 2. The second kappa shape index (κ2) is 10.8. The van der Waals surface area contributed by atoms with Crippen molar-refractivity contribution in [2.45, 2.75) is 12.8 Å². The Morgan fingerprint density at radius 3 is 2.30 bits per heavy atom. The summed E-state index contributed by atoms with van der Waals surface area (Å²) in [5, 5.41) is 0.246. The van der Waals surface area contributed by atoms with Crippen LogP contribution in [-0.4, -0.2) is 50.7 Å². The Morgan fingerprint density at radius 2 is 1.65 bits per heavy atom. The lowest BCUT2D eigenvalue weighted by molar-refractivity contribution is -0.139. The quantitative estimate of drug-likeness (QED) is 0.545. The molecule has 2 aliphatic rings. The molecule has 9 nitrogen and oxygen atoms in total. The Morgan fingerprint density at radius 1 is 0.973 bits per heavy atom. The number of hydrogen-bond acceptors (Lipinski definition) is 9. The first-order valence-corrected chi connectivity index (χ1v) is 12.2. The van der Waals surface area contributed by atoms with E-state index < -0.39 is 23.8 Å². The van der Waals surface area contributed by atoms with E-state index in [0.29, 0.717) is 27.5 Å². The topological polar surface area (TPSA) is 117 Å². The summed E-state index contributed by atoms with van der Waals surface area (Å²) >= 11 is 1.17. The molecule has 2 N–H and O–H groups in total. The molecule has 0 radical (unpaired) electrons. The van der Waals surface area contributed by atoms with Gasteiger partial charge in [0.2, 0.25) is 0 Å². The fourth-order valence-electron chi connectivity index (χ4n) is 4.22. The molecule has 0 spiro atoms. The lowest BCUT2D eigenvalue weighted by atomic mass is 9.82. The van der Waals surface area contributed by atoms with Gasteiger partial charge in [-0.15, -0.1) is 0 Å². The van der Waals surface area contributed by atoms with Crippen molar-refractivity contribution in [2.24, 2.45) is 5.73 Å². The smallest absolute Gasteiger partial charge is 0.338 e. The monoisotopic (exact) mass is 522 g/mol. The summed E-state index contributed by atoms with van der Waals surface area (Å²) in [6.45, 7) is 1.73. The first-order chi connectivity index (χ1) is 17.8. The predicted octanol–water partition coefficient (Wildman–Crippen LogP) is 3.54. The van der Waals surface area contributed by atoms with Gasteiger partial charge in [0.1, 0.15) is 22.3 Å². The van der Waals surface area contributed by atoms with Crippen LogP contribution in [0.1, 0.15) is 24.0 Å². The van der Waals surface area contributed by atoms with Gasteiger partial charge in [0.25, 0.3) is 5.91 Å². The van der Waals surface area contributed by atoms with Crippen molar-refractivity contribution in [3.8, 4) is 11.5 Å². The number of methoxy groups -OCH3 is 3. The number of fused-ring (bicyclic) bond motifs is 1. The summed E-state index contributed by atoms with van der Waals surface area (Å²) in [7, 11) is 4.30. The van der Waals surface area contributed by atoms with Crippen molar-refractivity contribution in [2.75, 3.05) is 27.9 Å². The molecule has 4 rings (SSSR count). The van der Waals surface area contributed by atoms with E-state index in [4.69, 9.17) is 24.7 Å². The van der Waals surface area contributed by atoms with Crippen LogP contribution < -0.4 is 15.2 Å².